The van der Waals surface area contributed by atoms with Crippen LogP contribution in [-0.2, 0) is 4.79 Å². The molecule has 0 radical (unpaired) electrons. The van der Waals surface area contributed by atoms with E-state index >= 15 is 0 Å². The molecule has 10 nitrogen and oxygen atoms in total. The van der Waals surface area contributed by atoms with Gasteiger partial charge in [0.2, 0.25) is 0 Å². The minimum Gasteiger partial charge on any atom is -0.480 e. The first-order valence-electron chi connectivity index (χ1n) is 8.67. The highest BCUT2D eigenvalue weighted by Gasteiger charge is 2.24. The molecule has 3 rings (SSSR count). The second-order valence-corrected chi connectivity index (χ2v) is 6.16. The number of fused-ring (bicyclic) bond motifs is 1. The topological polar surface area (TPSA) is 153 Å². The van der Waals surface area contributed by atoms with Gasteiger partial charge in [-0.15, -0.1) is 0 Å². The number of hydrogen-bond acceptors (Lipinski definition) is 6. The highest BCUT2D eigenvalue weighted by atomic mass is 16.4. The number of rotatable bonds is 8. The van der Waals surface area contributed by atoms with Gasteiger partial charge >= 0.3 is 5.97 Å². The number of imidazole rings is 1. The molecule has 0 aliphatic carbocycles. The fourth-order valence-corrected chi connectivity index (χ4v) is 2.77. The summed E-state index contributed by atoms with van der Waals surface area (Å²) in [4.78, 5) is 44.2. The molecular formula is C18H19N5O5. The van der Waals surface area contributed by atoms with Gasteiger partial charge < -0.3 is 20.6 Å². The first-order valence-corrected chi connectivity index (χ1v) is 8.67. The maximum absolute atomic E-state index is 12.8. The Kier molecular flexibility index (Phi) is 5.39. The lowest BCUT2D eigenvalue weighted by Gasteiger charge is -2.15. The molecule has 28 heavy (non-hydrogen) atoms. The lowest BCUT2D eigenvalue weighted by molar-refractivity contribution is -0.139. The van der Waals surface area contributed by atoms with E-state index in [2.05, 4.69) is 15.3 Å². The number of hydrogen-bond donors (Lipinski definition) is 3. The molecule has 0 saturated heterocycles. The van der Waals surface area contributed by atoms with Crippen molar-refractivity contribution >= 4 is 23.4 Å². The summed E-state index contributed by atoms with van der Waals surface area (Å²) in [6.45, 7) is 1.93. The lowest BCUT2D eigenvalue weighted by Crippen LogP contribution is -2.41. The average Bonchev–Trinajstić information content (AvgIpc) is 3.33. The predicted molar refractivity (Wildman–Crippen MR) is 97.6 cm³/mol. The zero-order valence-corrected chi connectivity index (χ0v) is 15.1. The SMILES string of the molecule is CCCCC(NC(=O)c1cc(-c2ccco2)nc2c(C(N)=O)ncn12)C(=O)O. The Bertz CT molecular complexity index is 1020. The number of nitrogens with zero attached hydrogens (tertiary/aromatic N) is 3. The normalized spacial score (nSPS) is 12.0. The molecule has 0 aromatic carbocycles. The summed E-state index contributed by atoms with van der Waals surface area (Å²) in [6, 6.07) is 3.69. The number of carbonyl (C=O) groups is 3. The first kappa shape index (κ1) is 19.1. The molecule has 3 aromatic heterocycles. The molecule has 0 aliphatic rings. The second kappa shape index (κ2) is 7.91. The molecule has 10 heteroatoms. The molecule has 4 N–H and O–H groups in total. The van der Waals surface area contributed by atoms with Crippen molar-refractivity contribution in [1.82, 2.24) is 19.7 Å². The van der Waals surface area contributed by atoms with Crippen LogP contribution in [0, 0.1) is 0 Å². The molecule has 2 amide bonds. The molecule has 0 spiro atoms. The van der Waals surface area contributed by atoms with Gasteiger partial charge in [0.15, 0.2) is 17.1 Å². The summed E-state index contributed by atoms with van der Waals surface area (Å²) < 4.78 is 6.61. The summed E-state index contributed by atoms with van der Waals surface area (Å²) in [7, 11) is 0. The van der Waals surface area contributed by atoms with Crippen molar-refractivity contribution in [3.63, 3.8) is 0 Å². The van der Waals surface area contributed by atoms with E-state index in [9.17, 15) is 19.5 Å². The van der Waals surface area contributed by atoms with Gasteiger partial charge in [0.25, 0.3) is 11.8 Å². The van der Waals surface area contributed by atoms with E-state index in [1.807, 2.05) is 6.92 Å². The van der Waals surface area contributed by atoms with E-state index in [4.69, 9.17) is 10.2 Å². The molecule has 1 atom stereocenters. The second-order valence-electron chi connectivity index (χ2n) is 6.16. The van der Waals surface area contributed by atoms with Crippen LogP contribution in [0.5, 0.6) is 0 Å². The molecule has 3 aromatic rings. The number of nitrogens with two attached hydrogens (primary N) is 1. The number of amides is 2. The summed E-state index contributed by atoms with van der Waals surface area (Å²) in [5.41, 5.74) is 5.64. The van der Waals surface area contributed by atoms with Crippen LogP contribution in [-0.4, -0.2) is 43.3 Å². The van der Waals surface area contributed by atoms with Crippen LogP contribution in [0.2, 0.25) is 0 Å². The number of furan rings is 1. The fraction of sp³-hybridized carbons (Fsp3) is 0.278. The summed E-state index contributed by atoms with van der Waals surface area (Å²) >= 11 is 0. The number of unbranched alkanes of at least 4 members (excludes halogenated alkanes) is 1. The van der Waals surface area contributed by atoms with Gasteiger partial charge in [-0.3, -0.25) is 14.0 Å². The Hall–Kier alpha value is -3.69. The smallest absolute Gasteiger partial charge is 0.326 e. The summed E-state index contributed by atoms with van der Waals surface area (Å²) in [5.74, 6) is -2.20. The van der Waals surface area contributed by atoms with Crippen molar-refractivity contribution in [2.45, 2.75) is 32.2 Å². The third-order valence-electron chi connectivity index (χ3n) is 4.19. The minimum atomic E-state index is -1.12. The quantitative estimate of drug-likeness (QED) is 0.530. The standard InChI is InChI=1S/C18H19N5O5/c1-2-3-5-10(18(26)27)22-17(25)12-8-11(13-6-4-7-28-13)21-16-14(15(19)24)20-9-23(12)16/h4,6-10H,2-3,5H2,1H3,(H2,19,24)(H,22,25)(H,26,27). The first-order chi connectivity index (χ1) is 13.4. The summed E-state index contributed by atoms with van der Waals surface area (Å²) in [6.07, 6.45) is 4.43. The zero-order valence-electron chi connectivity index (χ0n) is 15.1. The van der Waals surface area contributed by atoms with Gasteiger partial charge in [-0.1, -0.05) is 19.8 Å². The molecule has 1 unspecified atom stereocenters. The van der Waals surface area contributed by atoms with Gasteiger partial charge in [-0.05, 0) is 24.6 Å². The van der Waals surface area contributed by atoms with Crippen LogP contribution in [0.15, 0.2) is 35.2 Å². The minimum absolute atomic E-state index is 0.0548. The average molecular weight is 385 g/mol. The Morgan fingerprint density at radius 2 is 2.18 bits per heavy atom. The third kappa shape index (κ3) is 3.70. The van der Waals surface area contributed by atoms with Gasteiger partial charge in [-0.25, -0.2) is 14.8 Å². The third-order valence-corrected chi connectivity index (χ3v) is 4.19. The highest BCUT2D eigenvalue weighted by Crippen LogP contribution is 2.22. The fourth-order valence-electron chi connectivity index (χ4n) is 2.77. The van der Waals surface area contributed by atoms with Crippen molar-refractivity contribution in [2.24, 2.45) is 5.73 Å². The molecular weight excluding hydrogens is 366 g/mol. The van der Waals surface area contributed by atoms with Crippen molar-refractivity contribution in [3.05, 3.63) is 42.2 Å². The molecule has 0 aliphatic heterocycles. The Morgan fingerprint density at radius 3 is 2.79 bits per heavy atom. The van der Waals surface area contributed by atoms with Gasteiger partial charge in [0.05, 0.1) is 6.26 Å². The maximum Gasteiger partial charge on any atom is 0.326 e. The van der Waals surface area contributed by atoms with E-state index < -0.39 is 23.8 Å². The number of aromatic nitrogens is 3. The van der Waals surface area contributed by atoms with Crippen LogP contribution in [0.4, 0.5) is 0 Å². The van der Waals surface area contributed by atoms with Crippen LogP contribution < -0.4 is 11.1 Å². The van der Waals surface area contributed by atoms with Crippen LogP contribution in [0.3, 0.4) is 0 Å². The van der Waals surface area contributed by atoms with Gasteiger partial charge in [0, 0.05) is 0 Å². The van der Waals surface area contributed by atoms with Crippen LogP contribution >= 0.6 is 0 Å². The molecule has 3 heterocycles. The Balaban J connectivity index is 2.07. The van der Waals surface area contributed by atoms with Crippen molar-refractivity contribution < 1.29 is 23.9 Å². The zero-order chi connectivity index (χ0) is 20.3. The largest absolute Gasteiger partial charge is 0.480 e. The number of carboxylic acids is 1. The number of primary amides is 1. The predicted octanol–water partition coefficient (Wildman–Crippen LogP) is 1.46. The molecule has 146 valence electrons. The van der Waals surface area contributed by atoms with Crippen molar-refractivity contribution in [2.75, 3.05) is 0 Å². The number of carbonyl (C=O) groups excluding carboxylic acids is 2. The summed E-state index contributed by atoms with van der Waals surface area (Å²) in [5, 5.41) is 11.9. The van der Waals surface area contributed by atoms with Crippen molar-refractivity contribution in [3.8, 4) is 11.5 Å². The van der Waals surface area contributed by atoms with E-state index in [1.165, 1.54) is 23.1 Å². The van der Waals surface area contributed by atoms with Gasteiger partial charge in [0.1, 0.15) is 23.8 Å². The lowest BCUT2D eigenvalue weighted by atomic mass is 10.1. The monoisotopic (exact) mass is 385 g/mol. The van der Waals surface area contributed by atoms with E-state index in [0.717, 1.165) is 6.42 Å². The number of carboxylic acid groups (broad SMARTS) is 1. The van der Waals surface area contributed by atoms with Crippen LogP contribution in [0.1, 0.15) is 47.2 Å². The molecule has 0 bridgehead atoms. The number of aliphatic carboxylic acids is 1. The van der Waals surface area contributed by atoms with Gasteiger partial charge in [-0.2, -0.15) is 0 Å². The Morgan fingerprint density at radius 1 is 1.39 bits per heavy atom. The Labute approximate surface area is 159 Å². The van der Waals surface area contributed by atoms with Crippen molar-refractivity contribution in [1.29, 1.82) is 0 Å². The molecule has 0 saturated carbocycles. The van der Waals surface area contributed by atoms with E-state index in [0.29, 0.717) is 18.6 Å². The van der Waals surface area contributed by atoms with E-state index in [-0.39, 0.29) is 22.7 Å². The van der Waals surface area contributed by atoms with E-state index in [1.54, 1.807) is 12.1 Å². The number of nitrogens with one attached hydrogen (secondary N) is 1. The highest BCUT2D eigenvalue weighted by molar-refractivity contribution is 6.00. The molecule has 0 fully saturated rings. The maximum atomic E-state index is 12.8. The van der Waals surface area contributed by atoms with Crippen LogP contribution in [0.25, 0.3) is 17.1 Å².